The maximum absolute atomic E-state index is 12.8. The van der Waals surface area contributed by atoms with Crippen LogP contribution < -0.4 is 5.73 Å². The maximum atomic E-state index is 12.8. The van der Waals surface area contributed by atoms with E-state index < -0.39 is 0 Å². The molecule has 1 rings (SSSR count). The second-order valence-corrected chi connectivity index (χ2v) is 3.69. The number of rotatable bonds is 4. The van der Waals surface area contributed by atoms with E-state index in [1.807, 2.05) is 6.92 Å². The third kappa shape index (κ3) is 3.98. The van der Waals surface area contributed by atoms with Gasteiger partial charge in [-0.1, -0.05) is 12.1 Å². The van der Waals surface area contributed by atoms with Crippen LogP contribution >= 0.6 is 12.4 Å². The van der Waals surface area contributed by atoms with Crippen molar-refractivity contribution in [3.8, 4) is 0 Å². The van der Waals surface area contributed by atoms with Gasteiger partial charge in [0.25, 0.3) is 0 Å². The van der Waals surface area contributed by atoms with Crippen LogP contribution in [-0.4, -0.2) is 30.9 Å². The number of halogens is 2. The summed E-state index contributed by atoms with van der Waals surface area (Å²) in [5.41, 5.74) is 6.35. The predicted molar refractivity (Wildman–Crippen MR) is 68.8 cm³/mol. The summed E-state index contributed by atoms with van der Waals surface area (Å²) in [5, 5.41) is 0. The van der Waals surface area contributed by atoms with Gasteiger partial charge in [-0.25, -0.2) is 4.39 Å². The molecule has 1 amide bonds. The Kier molecular flexibility index (Phi) is 6.76. The summed E-state index contributed by atoms with van der Waals surface area (Å²) in [7, 11) is 1.73. The van der Waals surface area contributed by atoms with Crippen molar-refractivity contribution in [2.45, 2.75) is 12.8 Å². The average molecular weight is 261 g/mol. The number of likely N-dealkylation sites (N-methyl/N-ethyl adjacent to an activating group) is 1. The SMILES string of the molecule is CCN(C)C(=O)C(CN)c1ccc(F)cc1.Cl. The number of hydrogen-bond acceptors (Lipinski definition) is 2. The lowest BCUT2D eigenvalue weighted by molar-refractivity contribution is -0.131. The van der Waals surface area contributed by atoms with Crippen LogP contribution in [0.4, 0.5) is 4.39 Å². The van der Waals surface area contributed by atoms with Gasteiger partial charge in [-0.15, -0.1) is 12.4 Å². The molecule has 17 heavy (non-hydrogen) atoms. The van der Waals surface area contributed by atoms with E-state index in [1.165, 1.54) is 12.1 Å². The number of nitrogens with zero attached hydrogens (tertiary/aromatic N) is 1. The zero-order valence-electron chi connectivity index (χ0n) is 10.0. The molecule has 3 nitrogen and oxygen atoms in total. The van der Waals surface area contributed by atoms with Gasteiger partial charge in [0.15, 0.2) is 0 Å². The van der Waals surface area contributed by atoms with Crippen LogP contribution in [-0.2, 0) is 4.79 Å². The largest absolute Gasteiger partial charge is 0.345 e. The highest BCUT2D eigenvalue weighted by Gasteiger charge is 2.21. The van der Waals surface area contributed by atoms with Gasteiger partial charge in [-0.3, -0.25) is 4.79 Å². The second kappa shape index (κ2) is 7.25. The summed E-state index contributed by atoms with van der Waals surface area (Å²) in [6.07, 6.45) is 0. The fourth-order valence-corrected chi connectivity index (χ4v) is 1.50. The van der Waals surface area contributed by atoms with Crippen LogP contribution in [0.2, 0.25) is 0 Å². The zero-order valence-corrected chi connectivity index (χ0v) is 10.8. The van der Waals surface area contributed by atoms with Crippen LogP contribution in [0, 0.1) is 5.82 Å². The van der Waals surface area contributed by atoms with E-state index in [0.717, 1.165) is 5.56 Å². The Morgan fingerprint density at radius 2 is 1.94 bits per heavy atom. The topological polar surface area (TPSA) is 46.3 Å². The maximum Gasteiger partial charge on any atom is 0.231 e. The van der Waals surface area contributed by atoms with Crippen molar-refractivity contribution in [1.29, 1.82) is 0 Å². The molecule has 96 valence electrons. The molecule has 0 aliphatic rings. The van der Waals surface area contributed by atoms with Gasteiger partial charge in [-0.05, 0) is 24.6 Å². The first-order chi connectivity index (χ1) is 7.60. The molecule has 0 heterocycles. The molecule has 0 bridgehead atoms. The predicted octanol–water partition coefficient (Wildman–Crippen LogP) is 1.77. The van der Waals surface area contributed by atoms with Crippen LogP contribution in [0.15, 0.2) is 24.3 Å². The first-order valence-electron chi connectivity index (χ1n) is 5.30. The summed E-state index contributed by atoms with van der Waals surface area (Å²) >= 11 is 0. The van der Waals surface area contributed by atoms with E-state index in [4.69, 9.17) is 5.73 Å². The monoisotopic (exact) mass is 260 g/mol. The van der Waals surface area contributed by atoms with E-state index in [-0.39, 0.29) is 36.6 Å². The number of amides is 1. The summed E-state index contributed by atoms with van der Waals surface area (Å²) < 4.78 is 12.8. The molecule has 0 radical (unpaired) electrons. The van der Waals surface area contributed by atoms with Crippen molar-refractivity contribution >= 4 is 18.3 Å². The molecule has 2 N–H and O–H groups in total. The minimum absolute atomic E-state index is 0. The van der Waals surface area contributed by atoms with E-state index in [2.05, 4.69) is 0 Å². The summed E-state index contributed by atoms with van der Waals surface area (Å²) in [4.78, 5) is 13.6. The summed E-state index contributed by atoms with van der Waals surface area (Å²) in [6.45, 7) is 2.77. The average Bonchev–Trinajstić information content (AvgIpc) is 2.31. The van der Waals surface area contributed by atoms with Crippen LogP contribution in [0.1, 0.15) is 18.4 Å². The molecule has 0 saturated carbocycles. The fourth-order valence-electron chi connectivity index (χ4n) is 1.50. The van der Waals surface area contributed by atoms with Crippen molar-refractivity contribution in [2.24, 2.45) is 5.73 Å². The summed E-state index contributed by atoms with van der Waals surface area (Å²) in [5.74, 6) is -0.724. The van der Waals surface area contributed by atoms with Crippen LogP contribution in [0.3, 0.4) is 0 Å². The Morgan fingerprint density at radius 1 is 1.41 bits per heavy atom. The highest BCUT2D eigenvalue weighted by Crippen LogP contribution is 2.17. The molecule has 1 unspecified atom stereocenters. The zero-order chi connectivity index (χ0) is 12.1. The standard InChI is InChI=1S/C12H17FN2O.ClH/c1-3-15(2)12(16)11(8-14)9-4-6-10(13)7-5-9;/h4-7,11H,3,8,14H2,1-2H3;1H. The van der Waals surface area contributed by atoms with Gasteiger partial charge in [0.05, 0.1) is 5.92 Å². The molecular formula is C12H18ClFN2O. The Morgan fingerprint density at radius 3 is 2.35 bits per heavy atom. The highest BCUT2D eigenvalue weighted by molar-refractivity contribution is 5.85. The van der Waals surface area contributed by atoms with Gasteiger partial charge in [0.2, 0.25) is 5.91 Å². The van der Waals surface area contributed by atoms with Crippen molar-refractivity contribution in [2.75, 3.05) is 20.1 Å². The lowest BCUT2D eigenvalue weighted by atomic mass is 9.98. The van der Waals surface area contributed by atoms with Crippen molar-refractivity contribution in [1.82, 2.24) is 4.90 Å². The van der Waals surface area contributed by atoms with Gasteiger partial charge in [0, 0.05) is 20.1 Å². The van der Waals surface area contributed by atoms with E-state index in [9.17, 15) is 9.18 Å². The number of hydrogen-bond donors (Lipinski definition) is 1. The van der Waals surface area contributed by atoms with Gasteiger partial charge in [0.1, 0.15) is 5.82 Å². The summed E-state index contributed by atoms with van der Waals surface area (Å²) in [6, 6.07) is 5.90. The van der Waals surface area contributed by atoms with Gasteiger partial charge in [-0.2, -0.15) is 0 Å². The lowest BCUT2D eigenvalue weighted by Crippen LogP contribution is -2.35. The molecule has 1 atom stereocenters. The molecule has 0 spiro atoms. The van der Waals surface area contributed by atoms with Crippen molar-refractivity contribution in [3.63, 3.8) is 0 Å². The lowest BCUT2D eigenvalue weighted by Gasteiger charge is -2.21. The molecule has 0 aliphatic heterocycles. The Balaban J connectivity index is 0.00000256. The smallest absolute Gasteiger partial charge is 0.231 e. The minimum Gasteiger partial charge on any atom is -0.345 e. The second-order valence-electron chi connectivity index (χ2n) is 3.69. The van der Waals surface area contributed by atoms with E-state index in [1.54, 1.807) is 24.1 Å². The first-order valence-corrected chi connectivity index (χ1v) is 5.30. The Bertz CT molecular complexity index is 356. The number of nitrogens with two attached hydrogens (primary N) is 1. The quantitative estimate of drug-likeness (QED) is 0.897. The third-order valence-electron chi connectivity index (χ3n) is 2.66. The molecule has 5 heteroatoms. The van der Waals surface area contributed by atoms with Crippen LogP contribution in [0.25, 0.3) is 0 Å². The number of carbonyl (C=O) groups is 1. The molecule has 0 fully saturated rings. The minimum atomic E-state index is -0.384. The molecule has 0 saturated heterocycles. The molecule has 0 aliphatic carbocycles. The van der Waals surface area contributed by atoms with Gasteiger partial charge < -0.3 is 10.6 Å². The normalized spacial score (nSPS) is 11.5. The molecular weight excluding hydrogens is 243 g/mol. The Labute approximate surface area is 107 Å². The first kappa shape index (κ1) is 15.9. The number of benzene rings is 1. The van der Waals surface area contributed by atoms with Crippen molar-refractivity contribution < 1.29 is 9.18 Å². The van der Waals surface area contributed by atoms with E-state index >= 15 is 0 Å². The third-order valence-corrected chi connectivity index (χ3v) is 2.66. The fraction of sp³-hybridized carbons (Fsp3) is 0.417. The molecule has 1 aromatic rings. The van der Waals surface area contributed by atoms with Crippen molar-refractivity contribution in [3.05, 3.63) is 35.6 Å². The van der Waals surface area contributed by atoms with Gasteiger partial charge >= 0.3 is 0 Å². The molecule has 1 aromatic carbocycles. The van der Waals surface area contributed by atoms with Crippen LogP contribution in [0.5, 0.6) is 0 Å². The van der Waals surface area contributed by atoms with E-state index in [0.29, 0.717) is 6.54 Å². The highest BCUT2D eigenvalue weighted by atomic mass is 35.5. The molecule has 0 aromatic heterocycles. The number of carbonyl (C=O) groups excluding carboxylic acids is 1. The Hall–Kier alpha value is -1.13.